The Hall–Kier alpha value is -4.21. The number of nitrogens with zero attached hydrogens (tertiary/aromatic N) is 2. The van der Waals surface area contributed by atoms with E-state index in [2.05, 4.69) is 15.7 Å². The van der Waals surface area contributed by atoms with Crippen LogP contribution in [0.5, 0.6) is 0 Å². The highest BCUT2D eigenvalue weighted by atomic mass is 19.1. The predicted molar refractivity (Wildman–Crippen MR) is 119 cm³/mol. The second-order valence-electron chi connectivity index (χ2n) is 7.39. The van der Waals surface area contributed by atoms with Gasteiger partial charge in [-0.3, -0.25) is 9.59 Å². The number of hydrogen-bond donors (Lipinski definition) is 3. The lowest BCUT2D eigenvalue weighted by atomic mass is 9.99. The van der Waals surface area contributed by atoms with Gasteiger partial charge in [-0.15, -0.1) is 0 Å². The molecule has 0 radical (unpaired) electrons. The molecule has 0 saturated heterocycles. The minimum atomic E-state index is -0.779. The van der Waals surface area contributed by atoms with Gasteiger partial charge in [0.2, 0.25) is 0 Å². The second kappa shape index (κ2) is 10.4. The van der Waals surface area contributed by atoms with Gasteiger partial charge >= 0.3 is 12.0 Å². The molecule has 33 heavy (non-hydrogen) atoms. The van der Waals surface area contributed by atoms with Gasteiger partial charge in [0.15, 0.2) is 6.61 Å². The van der Waals surface area contributed by atoms with Crippen molar-refractivity contribution in [2.75, 3.05) is 11.9 Å². The van der Waals surface area contributed by atoms with Crippen LogP contribution in [0.25, 0.3) is 5.69 Å². The van der Waals surface area contributed by atoms with Gasteiger partial charge in [-0.1, -0.05) is 24.3 Å². The summed E-state index contributed by atoms with van der Waals surface area (Å²) in [5, 5.41) is 9.44. The minimum absolute atomic E-state index is 0.201. The molecule has 2 aromatic carbocycles. The summed E-state index contributed by atoms with van der Waals surface area (Å²) in [7, 11) is 0. The molecule has 3 amide bonds. The molecule has 9 nitrogen and oxygen atoms in total. The summed E-state index contributed by atoms with van der Waals surface area (Å²) in [6.45, 7) is 3.05. The summed E-state index contributed by atoms with van der Waals surface area (Å²) in [5.41, 5.74) is 8.01. The maximum atomic E-state index is 13.2. The van der Waals surface area contributed by atoms with Crippen LogP contribution in [0.3, 0.4) is 0 Å². The molecule has 0 aliphatic carbocycles. The fourth-order valence-corrected chi connectivity index (χ4v) is 3.31. The lowest BCUT2D eigenvalue weighted by Gasteiger charge is -2.19. The van der Waals surface area contributed by atoms with Gasteiger partial charge in [-0.2, -0.15) is 5.10 Å². The SMILES string of the molecule is Cc1cc(NC(=O)COC(=O)CC(NC(N)=O)c2ccccc2C)n(-c2ccc(F)cc2)n1. The van der Waals surface area contributed by atoms with E-state index in [1.807, 2.05) is 19.1 Å². The molecule has 172 valence electrons. The van der Waals surface area contributed by atoms with Crippen LogP contribution in [0.15, 0.2) is 54.6 Å². The van der Waals surface area contributed by atoms with Crippen molar-refractivity contribution in [3.63, 3.8) is 0 Å². The van der Waals surface area contributed by atoms with Crippen LogP contribution in [-0.4, -0.2) is 34.3 Å². The van der Waals surface area contributed by atoms with Crippen molar-refractivity contribution < 1.29 is 23.5 Å². The normalized spacial score (nSPS) is 11.5. The van der Waals surface area contributed by atoms with Crippen molar-refractivity contribution in [3.05, 3.63) is 77.2 Å². The number of ether oxygens (including phenoxy) is 1. The van der Waals surface area contributed by atoms with Crippen molar-refractivity contribution in [3.8, 4) is 5.69 Å². The average molecular weight is 453 g/mol. The number of aromatic nitrogens is 2. The third-order valence-electron chi connectivity index (χ3n) is 4.79. The number of anilines is 1. The van der Waals surface area contributed by atoms with E-state index in [1.165, 1.54) is 28.9 Å². The van der Waals surface area contributed by atoms with Gasteiger partial charge in [0.05, 0.1) is 23.8 Å². The van der Waals surface area contributed by atoms with E-state index in [-0.39, 0.29) is 6.42 Å². The lowest BCUT2D eigenvalue weighted by molar-refractivity contribution is -0.147. The molecular formula is C23H24FN5O4. The zero-order valence-electron chi connectivity index (χ0n) is 18.2. The first-order valence-electron chi connectivity index (χ1n) is 10.1. The molecule has 0 aliphatic rings. The van der Waals surface area contributed by atoms with Crippen LogP contribution in [-0.2, 0) is 14.3 Å². The number of primary amides is 1. The maximum Gasteiger partial charge on any atom is 0.312 e. The highest BCUT2D eigenvalue weighted by molar-refractivity contribution is 5.92. The Morgan fingerprint density at radius 2 is 1.82 bits per heavy atom. The highest BCUT2D eigenvalue weighted by Crippen LogP contribution is 2.21. The summed E-state index contributed by atoms with van der Waals surface area (Å²) in [4.78, 5) is 36.1. The summed E-state index contributed by atoms with van der Waals surface area (Å²) in [6.07, 6.45) is -0.201. The van der Waals surface area contributed by atoms with E-state index in [9.17, 15) is 18.8 Å². The number of halogens is 1. The van der Waals surface area contributed by atoms with Crippen LogP contribution >= 0.6 is 0 Å². The van der Waals surface area contributed by atoms with Gasteiger partial charge in [0.25, 0.3) is 5.91 Å². The number of urea groups is 1. The number of carbonyl (C=O) groups is 3. The summed E-state index contributed by atoms with van der Waals surface area (Å²) < 4.78 is 19.7. The number of hydrogen-bond acceptors (Lipinski definition) is 5. The molecule has 4 N–H and O–H groups in total. The van der Waals surface area contributed by atoms with E-state index in [4.69, 9.17) is 10.5 Å². The quantitative estimate of drug-likeness (QED) is 0.452. The van der Waals surface area contributed by atoms with Crippen molar-refractivity contribution in [1.29, 1.82) is 0 Å². The number of aryl methyl sites for hydroxylation is 2. The standard InChI is InChI=1S/C23H24FN5O4/c1-14-5-3-4-6-18(14)19(26-23(25)32)12-22(31)33-13-21(30)27-20-11-15(2)28-29(20)17-9-7-16(24)8-10-17/h3-11,19H,12-13H2,1-2H3,(H,27,30)(H3,25,26,32). The Morgan fingerprint density at radius 1 is 1.12 bits per heavy atom. The molecular weight excluding hydrogens is 429 g/mol. The van der Waals surface area contributed by atoms with Crippen LogP contribution in [0.4, 0.5) is 15.0 Å². The molecule has 1 unspecified atom stereocenters. The molecule has 1 aromatic heterocycles. The molecule has 3 rings (SSSR count). The molecule has 0 saturated carbocycles. The molecule has 0 fully saturated rings. The average Bonchev–Trinajstić information content (AvgIpc) is 3.12. The first-order valence-corrected chi connectivity index (χ1v) is 10.1. The zero-order chi connectivity index (χ0) is 24.0. The number of benzene rings is 2. The first kappa shape index (κ1) is 23.5. The molecule has 3 aromatic rings. The van der Waals surface area contributed by atoms with E-state index >= 15 is 0 Å². The Bertz CT molecular complexity index is 1160. The summed E-state index contributed by atoms with van der Waals surface area (Å²) >= 11 is 0. The fourth-order valence-electron chi connectivity index (χ4n) is 3.31. The maximum absolute atomic E-state index is 13.2. The van der Waals surface area contributed by atoms with E-state index in [0.717, 1.165) is 11.1 Å². The second-order valence-corrected chi connectivity index (χ2v) is 7.39. The molecule has 1 heterocycles. The highest BCUT2D eigenvalue weighted by Gasteiger charge is 2.21. The Balaban J connectivity index is 1.61. The number of esters is 1. The summed E-state index contributed by atoms with van der Waals surface area (Å²) in [6, 6.07) is 13.0. The Morgan fingerprint density at radius 3 is 2.48 bits per heavy atom. The molecule has 0 bridgehead atoms. The first-order chi connectivity index (χ1) is 15.7. The van der Waals surface area contributed by atoms with Crippen molar-refractivity contribution in [2.45, 2.75) is 26.3 Å². The topological polar surface area (TPSA) is 128 Å². The molecule has 0 aliphatic heterocycles. The number of rotatable bonds is 8. The van der Waals surface area contributed by atoms with Crippen LogP contribution < -0.4 is 16.4 Å². The van der Waals surface area contributed by atoms with Gasteiger partial charge in [0.1, 0.15) is 11.6 Å². The predicted octanol–water partition coefficient (Wildman–Crippen LogP) is 2.91. The third-order valence-corrected chi connectivity index (χ3v) is 4.79. The van der Waals surface area contributed by atoms with Crippen LogP contribution in [0.2, 0.25) is 0 Å². The third kappa shape index (κ3) is 6.39. The van der Waals surface area contributed by atoms with Gasteiger partial charge in [0, 0.05) is 6.07 Å². The van der Waals surface area contributed by atoms with Crippen LogP contribution in [0, 0.1) is 19.7 Å². The van der Waals surface area contributed by atoms with Gasteiger partial charge < -0.3 is 21.1 Å². The van der Waals surface area contributed by atoms with Crippen molar-refractivity contribution in [1.82, 2.24) is 15.1 Å². The van der Waals surface area contributed by atoms with E-state index < -0.39 is 36.4 Å². The van der Waals surface area contributed by atoms with Gasteiger partial charge in [-0.05, 0) is 49.2 Å². The number of amides is 3. The smallest absolute Gasteiger partial charge is 0.312 e. The number of carbonyl (C=O) groups excluding carboxylic acids is 3. The van der Waals surface area contributed by atoms with Gasteiger partial charge in [-0.25, -0.2) is 13.9 Å². The van der Waals surface area contributed by atoms with E-state index in [1.54, 1.807) is 25.1 Å². The minimum Gasteiger partial charge on any atom is -0.455 e. The molecule has 0 spiro atoms. The number of nitrogens with two attached hydrogens (primary N) is 1. The zero-order valence-corrected chi connectivity index (χ0v) is 18.2. The molecule has 1 atom stereocenters. The number of nitrogens with one attached hydrogen (secondary N) is 2. The monoisotopic (exact) mass is 453 g/mol. The van der Waals surface area contributed by atoms with Crippen molar-refractivity contribution in [2.24, 2.45) is 5.73 Å². The Labute approximate surface area is 189 Å². The largest absolute Gasteiger partial charge is 0.455 e. The van der Waals surface area contributed by atoms with Crippen LogP contribution in [0.1, 0.15) is 29.3 Å². The van der Waals surface area contributed by atoms with E-state index in [0.29, 0.717) is 17.2 Å². The van der Waals surface area contributed by atoms with Crippen molar-refractivity contribution >= 4 is 23.7 Å². The molecule has 10 heteroatoms. The fraction of sp³-hybridized carbons (Fsp3) is 0.217. The Kier molecular flexibility index (Phi) is 7.39. The lowest BCUT2D eigenvalue weighted by Crippen LogP contribution is -2.35. The summed E-state index contributed by atoms with van der Waals surface area (Å²) in [5.74, 6) is -1.32.